The van der Waals surface area contributed by atoms with Gasteiger partial charge in [0, 0.05) is 26.3 Å². The highest BCUT2D eigenvalue weighted by Gasteiger charge is 2.39. The fraction of sp³-hybridized carbons (Fsp3) is 0.0800. The van der Waals surface area contributed by atoms with Crippen LogP contribution in [0.25, 0.3) is 66.0 Å². The second-order valence-electron chi connectivity index (χ2n) is 15.1. The molecule has 11 rings (SSSR count). The van der Waals surface area contributed by atoms with Gasteiger partial charge >= 0.3 is 0 Å². The Balaban J connectivity index is 1.16. The number of hydrogen-bond acceptors (Lipinski definition) is 4. The summed E-state index contributed by atoms with van der Waals surface area (Å²) in [4.78, 5) is 15.3. The van der Waals surface area contributed by atoms with Gasteiger partial charge in [0.15, 0.2) is 0 Å². The van der Waals surface area contributed by atoms with Gasteiger partial charge in [0.05, 0.1) is 22.8 Å². The molecule has 0 bridgehead atoms. The molecule has 0 saturated carbocycles. The first-order valence-corrected chi connectivity index (χ1v) is 19.4. The normalized spacial score (nSPS) is 13.9. The SMILES string of the molecule is Cc1ccc2c(c1)c1ccccc1c1cc3c(cc21)C(C)(C)c1cc2c(cc1-3)Sc1ccccc1N2c1nc(-c2ccccc2)cc(-c2ccccc2)n1. The molecule has 0 amide bonds. The molecule has 9 aromatic rings. The summed E-state index contributed by atoms with van der Waals surface area (Å²) in [6.07, 6.45) is 0. The van der Waals surface area contributed by atoms with Crippen LogP contribution in [0, 0.1) is 6.92 Å². The minimum atomic E-state index is -0.230. The Kier molecular flexibility index (Phi) is 6.75. The molecule has 8 aromatic carbocycles. The zero-order chi connectivity index (χ0) is 36.1. The van der Waals surface area contributed by atoms with E-state index in [0.29, 0.717) is 5.95 Å². The number of aromatic nitrogens is 2. The van der Waals surface area contributed by atoms with Gasteiger partial charge in [-0.1, -0.05) is 146 Å². The number of anilines is 3. The summed E-state index contributed by atoms with van der Waals surface area (Å²) in [5.74, 6) is 0.663. The van der Waals surface area contributed by atoms with E-state index in [2.05, 4.69) is 171 Å². The van der Waals surface area contributed by atoms with Crippen molar-refractivity contribution in [1.29, 1.82) is 0 Å². The molecule has 2 heterocycles. The van der Waals surface area contributed by atoms with E-state index in [1.807, 2.05) is 23.9 Å². The predicted molar refractivity (Wildman–Crippen MR) is 227 cm³/mol. The lowest BCUT2D eigenvalue weighted by Crippen LogP contribution is -2.20. The molecule has 0 atom stereocenters. The summed E-state index contributed by atoms with van der Waals surface area (Å²) < 4.78 is 0. The van der Waals surface area contributed by atoms with Crippen molar-refractivity contribution in [2.24, 2.45) is 0 Å². The zero-order valence-electron chi connectivity index (χ0n) is 30.3. The Morgan fingerprint density at radius 3 is 1.72 bits per heavy atom. The Morgan fingerprint density at radius 2 is 1.02 bits per heavy atom. The minimum Gasteiger partial charge on any atom is -0.277 e. The van der Waals surface area contributed by atoms with E-state index < -0.39 is 0 Å². The monoisotopic (exact) mass is 709 g/mol. The summed E-state index contributed by atoms with van der Waals surface area (Å²) in [5.41, 5.74) is 12.5. The van der Waals surface area contributed by atoms with Crippen molar-refractivity contribution in [3.63, 3.8) is 0 Å². The molecule has 54 heavy (non-hydrogen) atoms. The maximum Gasteiger partial charge on any atom is 0.235 e. The number of aryl methyl sites for hydroxylation is 1. The van der Waals surface area contributed by atoms with Crippen molar-refractivity contribution in [3.05, 3.63) is 174 Å². The lowest BCUT2D eigenvalue weighted by atomic mass is 9.81. The molecule has 256 valence electrons. The van der Waals surface area contributed by atoms with Crippen molar-refractivity contribution in [1.82, 2.24) is 9.97 Å². The molecular formula is C50H35N3S. The van der Waals surface area contributed by atoms with E-state index in [1.165, 1.54) is 69.9 Å². The fourth-order valence-electron chi connectivity index (χ4n) is 8.80. The van der Waals surface area contributed by atoms with Gasteiger partial charge in [0.1, 0.15) is 0 Å². The van der Waals surface area contributed by atoms with Crippen LogP contribution in [0.15, 0.2) is 168 Å². The van der Waals surface area contributed by atoms with Crippen molar-refractivity contribution >= 4 is 61.4 Å². The molecule has 2 aliphatic rings. The van der Waals surface area contributed by atoms with E-state index in [0.717, 1.165) is 33.9 Å². The van der Waals surface area contributed by atoms with Crippen LogP contribution in [0.5, 0.6) is 0 Å². The standard InChI is InChI=1S/C50H35N3S/c1-30-22-23-35-36(24-30)33-18-10-11-19-34(33)37-25-39-40-27-48-46(28-42(40)50(2,3)41(39)26-38(35)37)53(45-20-12-13-21-47(45)54-48)49-51-43(31-14-6-4-7-15-31)29-44(52-49)32-16-8-5-9-17-32/h4-29H,1-3H3. The van der Waals surface area contributed by atoms with Gasteiger partial charge in [-0.15, -0.1) is 0 Å². The summed E-state index contributed by atoms with van der Waals surface area (Å²) in [6.45, 7) is 6.96. The number of hydrogen-bond donors (Lipinski definition) is 0. The average molecular weight is 710 g/mol. The van der Waals surface area contributed by atoms with Gasteiger partial charge in [0.2, 0.25) is 5.95 Å². The Bertz CT molecular complexity index is 2950. The van der Waals surface area contributed by atoms with E-state index in [9.17, 15) is 0 Å². The van der Waals surface area contributed by atoms with Crippen LogP contribution in [-0.4, -0.2) is 9.97 Å². The first-order valence-electron chi connectivity index (χ1n) is 18.6. The summed E-state index contributed by atoms with van der Waals surface area (Å²) in [5, 5.41) is 7.86. The summed E-state index contributed by atoms with van der Waals surface area (Å²) in [7, 11) is 0. The van der Waals surface area contributed by atoms with Gasteiger partial charge < -0.3 is 0 Å². The fourth-order valence-corrected chi connectivity index (χ4v) is 9.88. The molecule has 0 N–H and O–H groups in total. The zero-order valence-corrected chi connectivity index (χ0v) is 31.1. The molecule has 0 spiro atoms. The highest BCUT2D eigenvalue weighted by molar-refractivity contribution is 7.99. The Hall–Kier alpha value is -6.23. The van der Waals surface area contributed by atoms with Gasteiger partial charge in [-0.3, -0.25) is 4.90 Å². The molecule has 0 radical (unpaired) electrons. The molecule has 1 aromatic heterocycles. The maximum atomic E-state index is 5.33. The number of fused-ring (bicyclic) bond motifs is 11. The largest absolute Gasteiger partial charge is 0.277 e. The third-order valence-electron chi connectivity index (χ3n) is 11.5. The molecule has 4 heteroatoms. The van der Waals surface area contributed by atoms with Crippen LogP contribution in [0.3, 0.4) is 0 Å². The molecule has 0 fully saturated rings. The minimum absolute atomic E-state index is 0.230. The first kappa shape index (κ1) is 31.3. The van der Waals surface area contributed by atoms with E-state index in [-0.39, 0.29) is 5.41 Å². The molecular weight excluding hydrogens is 675 g/mol. The summed E-state index contributed by atoms with van der Waals surface area (Å²) in [6, 6.07) is 57.3. The van der Waals surface area contributed by atoms with Crippen molar-refractivity contribution in [2.45, 2.75) is 36.0 Å². The van der Waals surface area contributed by atoms with Crippen LogP contribution < -0.4 is 4.90 Å². The highest BCUT2D eigenvalue weighted by atomic mass is 32.2. The van der Waals surface area contributed by atoms with E-state index >= 15 is 0 Å². The van der Waals surface area contributed by atoms with Gasteiger partial charge in [-0.25, -0.2) is 9.97 Å². The van der Waals surface area contributed by atoms with Gasteiger partial charge in [0.25, 0.3) is 0 Å². The average Bonchev–Trinajstić information content (AvgIpc) is 3.43. The van der Waals surface area contributed by atoms with E-state index in [1.54, 1.807) is 0 Å². The second-order valence-corrected chi connectivity index (χ2v) is 16.2. The third kappa shape index (κ3) is 4.63. The molecule has 1 aliphatic carbocycles. The maximum absolute atomic E-state index is 5.33. The number of para-hydroxylation sites is 1. The number of rotatable bonds is 3. The quantitative estimate of drug-likeness (QED) is 0.171. The van der Waals surface area contributed by atoms with Gasteiger partial charge in [-0.2, -0.15) is 0 Å². The van der Waals surface area contributed by atoms with Crippen molar-refractivity contribution in [3.8, 4) is 33.6 Å². The molecule has 0 saturated heterocycles. The third-order valence-corrected chi connectivity index (χ3v) is 12.6. The highest BCUT2D eigenvalue weighted by Crippen LogP contribution is 2.58. The molecule has 0 unspecified atom stereocenters. The lowest BCUT2D eigenvalue weighted by molar-refractivity contribution is 0.661. The van der Waals surface area contributed by atoms with Crippen LogP contribution in [0.2, 0.25) is 0 Å². The Morgan fingerprint density at radius 1 is 0.463 bits per heavy atom. The van der Waals surface area contributed by atoms with Crippen LogP contribution in [0.4, 0.5) is 17.3 Å². The van der Waals surface area contributed by atoms with Crippen LogP contribution >= 0.6 is 11.8 Å². The smallest absolute Gasteiger partial charge is 0.235 e. The molecule has 1 aliphatic heterocycles. The lowest BCUT2D eigenvalue weighted by Gasteiger charge is -2.33. The predicted octanol–water partition coefficient (Wildman–Crippen LogP) is 13.8. The van der Waals surface area contributed by atoms with E-state index in [4.69, 9.17) is 9.97 Å². The second kappa shape index (κ2) is 11.6. The van der Waals surface area contributed by atoms with Crippen LogP contribution in [-0.2, 0) is 5.41 Å². The first-order chi connectivity index (χ1) is 26.4. The summed E-state index contributed by atoms with van der Waals surface area (Å²) >= 11 is 1.84. The van der Waals surface area contributed by atoms with Crippen molar-refractivity contribution < 1.29 is 0 Å². The number of benzene rings is 8. The Labute approximate surface area is 319 Å². The van der Waals surface area contributed by atoms with Crippen molar-refractivity contribution in [2.75, 3.05) is 4.90 Å². The number of nitrogens with zero attached hydrogens (tertiary/aromatic N) is 3. The molecule has 3 nitrogen and oxygen atoms in total. The van der Waals surface area contributed by atoms with Crippen LogP contribution in [0.1, 0.15) is 30.5 Å². The topological polar surface area (TPSA) is 29.0 Å². The van der Waals surface area contributed by atoms with Gasteiger partial charge in [-0.05, 0) is 104 Å².